The van der Waals surface area contributed by atoms with Crippen LogP contribution < -0.4 is 14.8 Å². The van der Waals surface area contributed by atoms with E-state index >= 15 is 0 Å². The molecule has 1 saturated heterocycles. The summed E-state index contributed by atoms with van der Waals surface area (Å²) in [6.07, 6.45) is 5.64. The van der Waals surface area contributed by atoms with Crippen LogP contribution in [0.15, 0.2) is 41.1 Å². The second-order valence-electron chi connectivity index (χ2n) is 7.94. The van der Waals surface area contributed by atoms with Crippen molar-refractivity contribution in [3.05, 3.63) is 42.2 Å². The molecule has 7 nitrogen and oxygen atoms in total. The molecule has 3 aromatic rings. The Balaban J connectivity index is 1.32. The number of fused-ring (bicyclic) bond motifs is 1. The highest BCUT2D eigenvalue weighted by Gasteiger charge is 2.21. The van der Waals surface area contributed by atoms with Crippen LogP contribution in [-0.2, 0) is 6.54 Å². The number of aromatic nitrogens is 2. The van der Waals surface area contributed by atoms with E-state index in [0.717, 1.165) is 49.5 Å². The Labute approximate surface area is 177 Å². The van der Waals surface area contributed by atoms with Crippen molar-refractivity contribution in [1.29, 1.82) is 0 Å². The van der Waals surface area contributed by atoms with Crippen LogP contribution in [0.5, 0.6) is 11.5 Å². The molecule has 0 saturated carbocycles. The smallest absolute Gasteiger partial charge is 0.295 e. The molecule has 1 N–H and O–H groups in total. The van der Waals surface area contributed by atoms with E-state index in [1.807, 2.05) is 32.9 Å². The third kappa shape index (κ3) is 5.02. The number of nitrogens with zero attached hydrogens (tertiary/aromatic N) is 3. The molecule has 160 valence electrons. The maximum absolute atomic E-state index is 5.87. The first-order chi connectivity index (χ1) is 14.6. The lowest BCUT2D eigenvalue weighted by Gasteiger charge is -2.32. The predicted octanol–water partition coefficient (Wildman–Crippen LogP) is 4.49. The normalized spacial score (nSPS) is 15.6. The van der Waals surface area contributed by atoms with E-state index in [1.54, 1.807) is 12.4 Å². The van der Waals surface area contributed by atoms with E-state index in [1.165, 1.54) is 5.56 Å². The number of rotatable bonds is 8. The van der Waals surface area contributed by atoms with Gasteiger partial charge in [0.2, 0.25) is 0 Å². The van der Waals surface area contributed by atoms with Crippen LogP contribution in [0, 0.1) is 0 Å². The maximum Gasteiger partial charge on any atom is 0.295 e. The van der Waals surface area contributed by atoms with Crippen molar-refractivity contribution in [2.45, 2.75) is 52.3 Å². The fourth-order valence-corrected chi connectivity index (χ4v) is 3.78. The van der Waals surface area contributed by atoms with Crippen LogP contribution >= 0.6 is 0 Å². The number of hydrogen-bond donors (Lipinski definition) is 1. The van der Waals surface area contributed by atoms with Crippen molar-refractivity contribution in [1.82, 2.24) is 14.9 Å². The summed E-state index contributed by atoms with van der Waals surface area (Å²) in [5, 5.41) is 3.44. The fraction of sp³-hybridized carbons (Fsp3) is 0.478. The summed E-state index contributed by atoms with van der Waals surface area (Å²) in [5.41, 5.74) is 2.79. The van der Waals surface area contributed by atoms with Crippen LogP contribution in [-0.4, -0.2) is 46.7 Å². The van der Waals surface area contributed by atoms with E-state index < -0.39 is 0 Å². The first-order valence-corrected chi connectivity index (χ1v) is 10.7. The zero-order valence-corrected chi connectivity index (χ0v) is 17.9. The lowest BCUT2D eigenvalue weighted by molar-refractivity contribution is 0.208. The van der Waals surface area contributed by atoms with Gasteiger partial charge in [0.15, 0.2) is 17.1 Å². The Morgan fingerprint density at radius 2 is 2.03 bits per heavy atom. The summed E-state index contributed by atoms with van der Waals surface area (Å²) in [5.74, 6) is 1.64. The molecule has 0 bridgehead atoms. The topological polar surface area (TPSA) is 72.7 Å². The summed E-state index contributed by atoms with van der Waals surface area (Å²) < 4.78 is 17.4. The summed E-state index contributed by atoms with van der Waals surface area (Å²) >= 11 is 0. The minimum atomic E-state index is 0.124. The highest BCUT2D eigenvalue weighted by atomic mass is 16.5. The monoisotopic (exact) mass is 410 g/mol. The van der Waals surface area contributed by atoms with Gasteiger partial charge in [-0.05, 0) is 57.4 Å². The second kappa shape index (κ2) is 9.34. The van der Waals surface area contributed by atoms with Crippen LogP contribution in [0.4, 0.5) is 6.01 Å². The van der Waals surface area contributed by atoms with Crippen molar-refractivity contribution in [2.24, 2.45) is 0 Å². The minimum Gasteiger partial charge on any atom is -0.490 e. The number of ether oxygens (including phenoxy) is 2. The lowest BCUT2D eigenvalue weighted by atomic mass is 10.0. The largest absolute Gasteiger partial charge is 0.490 e. The molecule has 2 aromatic heterocycles. The Bertz CT molecular complexity index is 931. The van der Waals surface area contributed by atoms with E-state index in [2.05, 4.69) is 32.3 Å². The molecule has 1 fully saturated rings. The summed E-state index contributed by atoms with van der Waals surface area (Å²) in [4.78, 5) is 11.0. The van der Waals surface area contributed by atoms with Gasteiger partial charge in [0.25, 0.3) is 6.01 Å². The molecule has 7 heteroatoms. The SMILES string of the molecule is CCOc1cc(CN2CCC(Nc3nc4ccncc4o3)CC2)ccc1OC(C)C. The van der Waals surface area contributed by atoms with E-state index in [-0.39, 0.29) is 6.10 Å². The lowest BCUT2D eigenvalue weighted by Crippen LogP contribution is -2.38. The third-order valence-electron chi connectivity index (χ3n) is 5.18. The molecule has 0 amide bonds. The van der Waals surface area contributed by atoms with Gasteiger partial charge in [-0.2, -0.15) is 4.98 Å². The maximum atomic E-state index is 5.87. The molecule has 1 aliphatic rings. The van der Waals surface area contributed by atoms with Crippen LogP contribution in [0.2, 0.25) is 0 Å². The predicted molar refractivity (Wildman–Crippen MR) is 117 cm³/mol. The highest BCUT2D eigenvalue weighted by Crippen LogP contribution is 2.30. The Morgan fingerprint density at radius 3 is 2.77 bits per heavy atom. The molecule has 3 heterocycles. The van der Waals surface area contributed by atoms with Crippen molar-refractivity contribution in [3.63, 3.8) is 0 Å². The molecule has 0 radical (unpaired) electrons. The molecule has 0 atom stereocenters. The molecule has 30 heavy (non-hydrogen) atoms. The van der Waals surface area contributed by atoms with Gasteiger partial charge in [0.1, 0.15) is 5.52 Å². The summed E-state index contributed by atoms with van der Waals surface area (Å²) in [6, 6.07) is 9.08. The molecule has 1 aliphatic heterocycles. The molecule has 4 rings (SSSR count). The number of oxazole rings is 1. The Morgan fingerprint density at radius 1 is 1.20 bits per heavy atom. The van der Waals surface area contributed by atoms with Crippen molar-refractivity contribution < 1.29 is 13.9 Å². The molecule has 0 aliphatic carbocycles. The molecule has 0 unspecified atom stereocenters. The standard InChI is InChI=1S/C23H30N4O3/c1-4-28-21-13-17(5-6-20(21)29-16(2)3)15-27-11-8-18(9-12-27)25-23-26-19-7-10-24-14-22(19)30-23/h5-7,10,13-14,16,18H,4,8-9,11-12,15H2,1-3H3,(H,25,26). The first kappa shape index (κ1) is 20.5. The zero-order valence-electron chi connectivity index (χ0n) is 17.9. The fourth-order valence-electron chi connectivity index (χ4n) is 3.78. The third-order valence-corrected chi connectivity index (χ3v) is 5.18. The van der Waals surface area contributed by atoms with E-state index in [9.17, 15) is 0 Å². The molecular formula is C23H30N4O3. The quantitative estimate of drug-likeness (QED) is 0.587. The molecule has 1 aromatic carbocycles. The average molecular weight is 411 g/mol. The minimum absolute atomic E-state index is 0.124. The number of anilines is 1. The Hall–Kier alpha value is -2.80. The number of pyridine rings is 1. The van der Waals surface area contributed by atoms with Crippen LogP contribution in [0.3, 0.4) is 0 Å². The van der Waals surface area contributed by atoms with E-state index in [4.69, 9.17) is 13.9 Å². The van der Waals surface area contributed by atoms with Gasteiger partial charge in [-0.1, -0.05) is 6.07 Å². The first-order valence-electron chi connectivity index (χ1n) is 10.7. The summed E-state index contributed by atoms with van der Waals surface area (Å²) in [7, 11) is 0. The van der Waals surface area contributed by atoms with Crippen LogP contribution in [0.1, 0.15) is 39.2 Å². The number of hydrogen-bond acceptors (Lipinski definition) is 7. The number of likely N-dealkylation sites (tertiary alicyclic amines) is 1. The zero-order chi connectivity index (χ0) is 20.9. The van der Waals surface area contributed by atoms with Crippen molar-refractivity contribution in [3.8, 4) is 11.5 Å². The second-order valence-corrected chi connectivity index (χ2v) is 7.94. The van der Waals surface area contributed by atoms with Crippen LogP contribution in [0.25, 0.3) is 11.1 Å². The van der Waals surface area contributed by atoms with Gasteiger partial charge in [-0.15, -0.1) is 0 Å². The summed E-state index contributed by atoms with van der Waals surface area (Å²) in [6.45, 7) is 9.63. The Kier molecular flexibility index (Phi) is 6.38. The van der Waals surface area contributed by atoms with Crippen molar-refractivity contribution >= 4 is 17.1 Å². The van der Waals surface area contributed by atoms with Gasteiger partial charge in [-0.3, -0.25) is 9.88 Å². The van der Waals surface area contributed by atoms with Gasteiger partial charge in [-0.25, -0.2) is 0 Å². The number of nitrogens with one attached hydrogen (secondary N) is 1. The van der Waals surface area contributed by atoms with Gasteiger partial charge in [0.05, 0.1) is 18.9 Å². The van der Waals surface area contributed by atoms with Crippen molar-refractivity contribution in [2.75, 3.05) is 25.0 Å². The average Bonchev–Trinajstić information content (AvgIpc) is 3.13. The number of piperidine rings is 1. The van der Waals surface area contributed by atoms with Gasteiger partial charge in [0, 0.05) is 31.9 Å². The van der Waals surface area contributed by atoms with Gasteiger partial charge < -0.3 is 19.2 Å². The molecule has 0 spiro atoms. The highest BCUT2D eigenvalue weighted by molar-refractivity contribution is 5.72. The molecular weight excluding hydrogens is 380 g/mol. The number of benzene rings is 1. The van der Waals surface area contributed by atoms with E-state index in [0.29, 0.717) is 24.2 Å². The van der Waals surface area contributed by atoms with Gasteiger partial charge >= 0.3 is 0 Å².